The number of amides is 1. The fourth-order valence-corrected chi connectivity index (χ4v) is 1.68. The summed E-state index contributed by atoms with van der Waals surface area (Å²) in [6.45, 7) is 9.45. The van der Waals surface area contributed by atoms with Gasteiger partial charge in [-0.25, -0.2) is 4.99 Å². The number of rotatable bonds is 6. The SMILES string of the molecule is Cc1noc(C)c1CN=C(NCC(=O)N(C)C)NCC(C)C.I. The minimum Gasteiger partial charge on any atom is -0.361 e. The molecule has 0 atom stereocenters. The zero-order chi connectivity index (χ0) is 16.7. The predicted molar refractivity (Wildman–Crippen MR) is 102 cm³/mol. The molecule has 0 aliphatic heterocycles. The lowest BCUT2D eigenvalue weighted by molar-refractivity contribution is -0.127. The third-order valence-electron chi connectivity index (χ3n) is 3.16. The van der Waals surface area contributed by atoms with Crippen LogP contribution in [0.5, 0.6) is 0 Å². The molecule has 0 unspecified atom stereocenters. The Kier molecular flexibility index (Phi) is 9.85. The maximum absolute atomic E-state index is 11.7. The lowest BCUT2D eigenvalue weighted by Crippen LogP contribution is -2.44. The lowest BCUT2D eigenvalue weighted by atomic mass is 10.2. The molecule has 0 saturated carbocycles. The molecule has 2 N–H and O–H groups in total. The van der Waals surface area contributed by atoms with E-state index in [1.165, 1.54) is 0 Å². The maximum atomic E-state index is 11.7. The van der Waals surface area contributed by atoms with E-state index in [1.807, 2.05) is 13.8 Å². The van der Waals surface area contributed by atoms with Crippen LogP contribution in [0.1, 0.15) is 30.9 Å². The zero-order valence-corrected chi connectivity index (χ0v) is 17.1. The van der Waals surface area contributed by atoms with Gasteiger partial charge in [-0.3, -0.25) is 4.79 Å². The number of aryl methyl sites for hydroxylation is 2. The Morgan fingerprint density at radius 2 is 1.96 bits per heavy atom. The van der Waals surface area contributed by atoms with Gasteiger partial charge < -0.3 is 20.1 Å². The van der Waals surface area contributed by atoms with Gasteiger partial charge in [0.05, 0.1) is 18.8 Å². The molecule has 1 rings (SSSR count). The van der Waals surface area contributed by atoms with Crippen LogP contribution in [0.2, 0.25) is 0 Å². The van der Waals surface area contributed by atoms with E-state index in [1.54, 1.807) is 19.0 Å². The summed E-state index contributed by atoms with van der Waals surface area (Å²) >= 11 is 0. The van der Waals surface area contributed by atoms with Crippen LogP contribution in [0.15, 0.2) is 9.52 Å². The average molecular weight is 437 g/mol. The van der Waals surface area contributed by atoms with Crippen molar-refractivity contribution in [3.8, 4) is 0 Å². The van der Waals surface area contributed by atoms with Crippen LogP contribution in [0, 0.1) is 19.8 Å². The Morgan fingerprint density at radius 1 is 1.30 bits per heavy atom. The Bertz CT molecular complexity index is 506. The van der Waals surface area contributed by atoms with Crippen LogP contribution in [0.25, 0.3) is 0 Å². The molecule has 0 aliphatic carbocycles. The number of carbonyl (C=O) groups is 1. The van der Waals surface area contributed by atoms with E-state index in [2.05, 4.69) is 34.6 Å². The highest BCUT2D eigenvalue weighted by atomic mass is 127. The van der Waals surface area contributed by atoms with Crippen molar-refractivity contribution < 1.29 is 9.32 Å². The molecule has 0 radical (unpaired) electrons. The van der Waals surface area contributed by atoms with E-state index < -0.39 is 0 Å². The van der Waals surface area contributed by atoms with Gasteiger partial charge in [-0.2, -0.15) is 0 Å². The quantitative estimate of drug-likeness (QED) is 0.402. The van der Waals surface area contributed by atoms with E-state index in [4.69, 9.17) is 4.52 Å². The second-order valence-electron chi connectivity index (χ2n) is 5.88. The summed E-state index contributed by atoms with van der Waals surface area (Å²) < 4.78 is 5.13. The number of hydrogen-bond acceptors (Lipinski definition) is 4. The minimum absolute atomic E-state index is 0. The van der Waals surface area contributed by atoms with Gasteiger partial charge in [-0.1, -0.05) is 19.0 Å². The average Bonchev–Trinajstić information content (AvgIpc) is 2.76. The van der Waals surface area contributed by atoms with Crippen LogP contribution < -0.4 is 10.6 Å². The largest absolute Gasteiger partial charge is 0.361 e. The molecule has 0 aromatic carbocycles. The minimum atomic E-state index is -0.00335. The lowest BCUT2D eigenvalue weighted by Gasteiger charge is -2.16. The van der Waals surface area contributed by atoms with Gasteiger partial charge in [-0.15, -0.1) is 24.0 Å². The van der Waals surface area contributed by atoms with Gasteiger partial charge >= 0.3 is 0 Å². The van der Waals surface area contributed by atoms with Crippen molar-refractivity contribution in [3.63, 3.8) is 0 Å². The summed E-state index contributed by atoms with van der Waals surface area (Å²) in [5.74, 6) is 1.87. The highest BCUT2D eigenvalue weighted by molar-refractivity contribution is 14.0. The molecule has 1 aromatic heterocycles. The van der Waals surface area contributed by atoms with E-state index in [0.717, 1.165) is 23.6 Å². The first-order chi connectivity index (χ1) is 10.3. The van der Waals surface area contributed by atoms with Gasteiger partial charge in [0.2, 0.25) is 5.91 Å². The molecule has 1 amide bonds. The van der Waals surface area contributed by atoms with Crippen molar-refractivity contribution in [2.45, 2.75) is 34.2 Å². The summed E-state index contributed by atoms with van der Waals surface area (Å²) in [7, 11) is 3.46. The first kappa shape index (κ1) is 21.7. The van der Waals surface area contributed by atoms with Crippen molar-refractivity contribution in [1.29, 1.82) is 0 Å². The Hall–Kier alpha value is -1.32. The van der Waals surface area contributed by atoms with Crippen LogP contribution in [0.4, 0.5) is 0 Å². The Balaban J connectivity index is 0.00000484. The van der Waals surface area contributed by atoms with Crippen molar-refractivity contribution in [3.05, 3.63) is 17.0 Å². The summed E-state index contributed by atoms with van der Waals surface area (Å²) in [6, 6.07) is 0. The van der Waals surface area contributed by atoms with E-state index >= 15 is 0 Å². The monoisotopic (exact) mass is 437 g/mol. The number of carbonyl (C=O) groups excluding carboxylic acids is 1. The standard InChI is InChI=1S/C15H27N5O2.HI/c1-10(2)7-16-15(18-9-14(21)20(5)6)17-8-13-11(3)19-22-12(13)4;/h10H,7-9H2,1-6H3,(H2,16,17,18);1H. The third-order valence-corrected chi connectivity index (χ3v) is 3.16. The highest BCUT2D eigenvalue weighted by Gasteiger charge is 2.10. The molecular weight excluding hydrogens is 409 g/mol. The molecule has 0 fully saturated rings. The maximum Gasteiger partial charge on any atom is 0.241 e. The number of halogens is 1. The fraction of sp³-hybridized carbons (Fsp3) is 0.667. The van der Waals surface area contributed by atoms with E-state index in [0.29, 0.717) is 18.4 Å². The van der Waals surface area contributed by atoms with E-state index in [-0.39, 0.29) is 36.4 Å². The van der Waals surface area contributed by atoms with Gasteiger partial charge in [0.1, 0.15) is 5.76 Å². The summed E-state index contributed by atoms with van der Waals surface area (Å²) in [5.41, 5.74) is 1.82. The number of likely N-dealkylation sites (N-methyl/N-ethyl adjacent to an activating group) is 1. The second-order valence-corrected chi connectivity index (χ2v) is 5.88. The molecule has 0 spiro atoms. The highest BCUT2D eigenvalue weighted by Crippen LogP contribution is 2.12. The number of aliphatic imine (C=N–C) groups is 1. The smallest absolute Gasteiger partial charge is 0.241 e. The molecule has 132 valence electrons. The molecule has 1 heterocycles. The zero-order valence-electron chi connectivity index (χ0n) is 14.8. The normalized spacial score (nSPS) is 11.2. The van der Waals surface area contributed by atoms with Gasteiger partial charge in [-0.05, 0) is 19.8 Å². The van der Waals surface area contributed by atoms with Gasteiger partial charge in [0, 0.05) is 26.2 Å². The molecule has 0 aliphatic rings. The van der Waals surface area contributed by atoms with Crippen LogP contribution in [-0.4, -0.2) is 49.1 Å². The first-order valence-electron chi connectivity index (χ1n) is 7.45. The number of nitrogens with one attached hydrogen (secondary N) is 2. The second kappa shape index (κ2) is 10.5. The topological polar surface area (TPSA) is 82.8 Å². The molecule has 8 heteroatoms. The van der Waals surface area contributed by atoms with E-state index in [9.17, 15) is 4.79 Å². The van der Waals surface area contributed by atoms with Crippen molar-refractivity contribution in [2.24, 2.45) is 10.9 Å². The molecule has 7 nitrogen and oxygen atoms in total. The van der Waals surface area contributed by atoms with Gasteiger partial charge in [0.15, 0.2) is 5.96 Å². The summed E-state index contributed by atoms with van der Waals surface area (Å²) in [4.78, 5) is 17.7. The number of guanidine groups is 1. The number of nitrogens with zero attached hydrogens (tertiary/aromatic N) is 3. The predicted octanol–water partition coefficient (Wildman–Crippen LogP) is 1.69. The van der Waals surface area contributed by atoms with Crippen LogP contribution >= 0.6 is 24.0 Å². The number of aromatic nitrogens is 1. The summed E-state index contributed by atoms with van der Waals surface area (Å²) in [6.07, 6.45) is 0. The number of hydrogen-bond donors (Lipinski definition) is 2. The van der Waals surface area contributed by atoms with Gasteiger partial charge in [0.25, 0.3) is 0 Å². The molecule has 0 bridgehead atoms. The van der Waals surface area contributed by atoms with Crippen LogP contribution in [-0.2, 0) is 11.3 Å². The van der Waals surface area contributed by atoms with Crippen LogP contribution in [0.3, 0.4) is 0 Å². The molecule has 1 aromatic rings. The fourth-order valence-electron chi connectivity index (χ4n) is 1.68. The molecule has 0 saturated heterocycles. The molecule has 23 heavy (non-hydrogen) atoms. The molecular formula is C15H28IN5O2. The van der Waals surface area contributed by atoms with Crippen molar-refractivity contribution >= 4 is 35.8 Å². The first-order valence-corrected chi connectivity index (χ1v) is 7.45. The Labute approximate surface area is 155 Å². The van der Waals surface area contributed by atoms with Crippen molar-refractivity contribution in [2.75, 3.05) is 27.2 Å². The van der Waals surface area contributed by atoms with Crippen molar-refractivity contribution in [1.82, 2.24) is 20.7 Å². The third kappa shape index (κ3) is 7.67. The Morgan fingerprint density at radius 3 is 2.43 bits per heavy atom. The summed E-state index contributed by atoms with van der Waals surface area (Å²) in [5, 5.41) is 10.2.